The van der Waals surface area contributed by atoms with Crippen LogP contribution in [0.15, 0.2) is 47.1 Å². The Balaban J connectivity index is 1.67. The fourth-order valence-corrected chi connectivity index (χ4v) is 3.10. The first-order chi connectivity index (χ1) is 12.7. The van der Waals surface area contributed by atoms with Gasteiger partial charge < -0.3 is 9.15 Å². The number of nitrogens with zero attached hydrogens (tertiary/aromatic N) is 1. The van der Waals surface area contributed by atoms with Crippen LogP contribution in [0, 0.1) is 0 Å². The van der Waals surface area contributed by atoms with Crippen LogP contribution in [0.1, 0.15) is 35.9 Å². The maximum absolute atomic E-state index is 12.0. The van der Waals surface area contributed by atoms with Gasteiger partial charge in [0, 0.05) is 6.08 Å². The molecule has 0 saturated heterocycles. The van der Waals surface area contributed by atoms with Crippen molar-refractivity contribution in [3.63, 3.8) is 0 Å². The van der Waals surface area contributed by atoms with E-state index in [-0.39, 0.29) is 11.9 Å². The zero-order chi connectivity index (χ0) is 18.4. The summed E-state index contributed by atoms with van der Waals surface area (Å²) in [6.45, 7) is 2.45. The van der Waals surface area contributed by atoms with Crippen molar-refractivity contribution >= 4 is 44.6 Å². The maximum Gasteiger partial charge on any atom is 0.338 e. The first kappa shape index (κ1) is 17.9. The highest BCUT2D eigenvalue weighted by molar-refractivity contribution is 7.22. The monoisotopic (exact) mass is 370 g/mol. The van der Waals surface area contributed by atoms with Crippen molar-refractivity contribution in [1.82, 2.24) is 4.98 Å². The largest absolute Gasteiger partial charge is 0.465 e. The van der Waals surface area contributed by atoms with Gasteiger partial charge in [-0.15, -0.1) is 0 Å². The molecule has 0 bridgehead atoms. The molecule has 0 unspecified atom stereocenters. The molecule has 0 fully saturated rings. The number of furan rings is 1. The molecule has 1 amide bonds. The Labute approximate surface area is 154 Å². The average Bonchev–Trinajstić information content (AvgIpc) is 3.28. The van der Waals surface area contributed by atoms with Crippen molar-refractivity contribution in [1.29, 1.82) is 0 Å². The van der Waals surface area contributed by atoms with E-state index in [1.807, 2.05) is 6.92 Å². The van der Waals surface area contributed by atoms with Crippen LogP contribution in [0.5, 0.6) is 0 Å². The summed E-state index contributed by atoms with van der Waals surface area (Å²) in [5.41, 5.74) is 1.19. The second-order valence-corrected chi connectivity index (χ2v) is 6.56. The Morgan fingerprint density at radius 1 is 1.35 bits per heavy atom. The van der Waals surface area contributed by atoms with Crippen LogP contribution in [0.2, 0.25) is 0 Å². The van der Waals surface area contributed by atoms with E-state index < -0.39 is 0 Å². The Morgan fingerprint density at radius 3 is 3.00 bits per heavy atom. The highest BCUT2D eigenvalue weighted by atomic mass is 32.1. The number of carbonyl (C=O) groups is 2. The molecule has 0 radical (unpaired) electrons. The quantitative estimate of drug-likeness (QED) is 0.376. The number of ether oxygens (including phenoxy) is 1. The lowest BCUT2D eigenvalue weighted by Crippen LogP contribution is -2.07. The normalized spacial score (nSPS) is 11.1. The summed E-state index contributed by atoms with van der Waals surface area (Å²) in [4.78, 5) is 28.3. The predicted octanol–water partition coefficient (Wildman–Crippen LogP) is 4.50. The van der Waals surface area contributed by atoms with Crippen molar-refractivity contribution < 1.29 is 18.7 Å². The van der Waals surface area contributed by atoms with Gasteiger partial charge in [-0.1, -0.05) is 24.7 Å². The summed E-state index contributed by atoms with van der Waals surface area (Å²) < 4.78 is 11.1. The number of amides is 1. The van der Waals surface area contributed by atoms with Gasteiger partial charge in [-0.05, 0) is 42.8 Å². The summed E-state index contributed by atoms with van der Waals surface area (Å²) in [5.74, 6) is -0.0592. The highest BCUT2D eigenvalue weighted by Crippen LogP contribution is 2.27. The van der Waals surface area contributed by atoms with Crippen LogP contribution in [-0.4, -0.2) is 23.5 Å². The van der Waals surface area contributed by atoms with E-state index in [9.17, 15) is 9.59 Å². The second kappa shape index (κ2) is 8.44. The van der Waals surface area contributed by atoms with Gasteiger partial charge >= 0.3 is 5.97 Å². The van der Waals surface area contributed by atoms with Crippen molar-refractivity contribution in [3.8, 4) is 0 Å². The molecule has 134 valence electrons. The molecular weight excluding hydrogens is 352 g/mol. The summed E-state index contributed by atoms with van der Waals surface area (Å²) in [5, 5.41) is 3.17. The number of carbonyl (C=O) groups excluding carboxylic acids is 2. The standard InChI is InChI=1S/C19H18N2O4S/c1-2-3-10-25-18(23)13-6-8-15-16(12-13)26-19(20-15)21-17(22)9-7-14-5-4-11-24-14/h4-9,11-12H,2-3,10H2,1H3,(H,20,21,22)/b9-7+. The van der Waals surface area contributed by atoms with E-state index in [0.717, 1.165) is 17.5 Å². The van der Waals surface area contributed by atoms with Gasteiger partial charge in [0.05, 0.1) is 28.7 Å². The minimum atomic E-state index is -0.347. The minimum absolute atomic E-state index is 0.306. The summed E-state index contributed by atoms with van der Waals surface area (Å²) in [6.07, 6.45) is 6.30. The van der Waals surface area contributed by atoms with Crippen LogP contribution in [-0.2, 0) is 9.53 Å². The van der Waals surface area contributed by atoms with Gasteiger partial charge in [0.1, 0.15) is 5.76 Å². The zero-order valence-electron chi connectivity index (χ0n) is 14.2. The molecular formula is C19H18N2O4S. The Bertz CT molecular complexity index is 928. The summed E-state index contributed by atoms with van der Waals surface area (Å²) in [7, 11) is 0. The smallest absolute Gasteiger partial charge is 0.338 e. The van der Waals surface area contributed by atoms with Gasteiger partial charge in [-0.25, -0.2) is 9.78 Å². The Hall–Kier alpha value is -2.93. The van der Waals surface area contributed by atoms with Crippen molar-refractivity contribution in [2.75, 3.05) is 11.9 Å². The molecule has 0 aliphatic rings. The third kappa shape index (κ3) is 4.58. The number of nitrogens with one attached hydrogen (secondary N) is 1. The number of esters is 1. The van der Waals surface area contributed by atoms with Gasteiger partial charge in [0.15, 0.2) is 5.13 Å². The van der Waals surface area contributed by atoms with Crippen LogP contribution in [0.3, 0.4) is 0 Å². The van der Waals surface area contributed by atoms with Crippen LogP contribution in [0.25, 0.3) is 16.3 Å². The van der Waals surface area contributed by atoms with Crippen LogP contribution in [0.4, 0.5) is 5.13 Å². The first-order valence-corrected chi connectivity index (χ1v) is 9.07. The van der Waals surface area contributed by atoms with Gasteiger partial charge in [-0.2, -0.15) is 0 Å². The van der Waals surface area contributed by atoms with Gasteiger partial charge in [0.2, 0.25) is 5.91 Å². The number of unbranched alkanes of at least 4 members (excludes halogenated alkanes) is 1. The molecule has 3 aromatic rings. The third-order valence-corrected chi connectivity index (χ3v) is 4.46. The number of anilines is 1. The van der Waals surface area contributed by atoms with Crippen molar-refractivity contribution in [2.45, 2.75) is 19.8 Å². The van der Waals surface area contributed by atoms with Crippen molar-refractivity contribution in [2.24, 2.45) is 0 Å². The second-order valence-electron chi connectivity index (χ2n) is 5.53. The molecule has 26 heavy (non-hydrogen) atoms. The minimum Gasteiger partial charge on any atom is -0.465 e. The molecule has 6 nitrogen and oxygen atoms in total. The molecule has 0 aliphatic heterocycles. The molecule has 2 heterocycles. The number of aromatic nitrogens is 1. The predicted molar refractivity (Wildman–Crippen MR) is 101 cm³/mol. The van der Waals surface area contributed by atoms with E-state index >= 15 is 0 Å². The molecule has 1 N–H and O–H groups in total. The zero-order valence-corrected chi connectivity index (χ0v) is 15.0. The van der Waals surface area contributed by atoms with E-state index in [1.54, 1.807) is 36.4 Å². The Kier molecular flexibility index (Phi) is 5.80. The number of hydrogen-bond donors (Lipinski definition) is 1. The van der Waals surface area contributed by atoms with Gasteiger partial charge in [-0.3, -0.25) is 10.1 Å². The fraction of sp³-hybridized carbons (Fsp3) is 0.211. The highest BCUT2D eigenvalue weighted by Gasteiger charge is 2.11. The van der Waals surface area contributed by atoms with E-state index in [2.05, 4.69) is 10.3 Å². The fourth-order valence-electron chi connectivity index (χ4n) is 2.19. The lowest BCUT2D eigenvalue weighted by molar-refractivity contribution is -0.111. The molecule has 1 aromatic carbocycles. The SMILES string of the molecule is CCCCOC(=O)c1ccc2nc(NC(=O)/C=C/c3ccco3)sc2c1. The first-order valence-electron chi connectivity index (χ1n) is 8.26. The van der Waals surface area contributed by atoms with Gasteiger partial charge in [0.25, 0.3) is 0 Å². The Morgan fingerprint density at radius 2 is 2.23 bits per heavy atom. The summed E-state index contributed by atoms with van der Waals surface area (Å²) in [6, 6.07) is 8.66. The van der Waals surface area contributed by atoms with E-state index in [0.29, 0.717) is 28.6 Å². The molecule has 0 atom stereocenters. The lowest BCUT2D eigenvalue weighted by Gasteiger charge is -2.03. The third-order valence-electron chi connectivity index (χ3n) is 3.53. The molecule has 7 heteroatoms. The summed E-state index contributed by atoms with van der Waals surface area (Å²) >= 11 is 1.30. The van der Waals surface area contributed by atoms with E-state index in [4.69, 9.17) is 9.15 Å². The molecule has 2 aromatic heterocycles. The number of rotatable bonds is 7. The number of thiazole rings is 1. The van der Waals surface area contributed by atoms with E-state index in [1.165, 1.54) is 23.7 Å². The lowest BCUT2D eigenvalue weighted by atomic mass is 10.2. The average molecular weight is 370 g/mol. The molecule has 3 rings (SSSR count). The number of hydrogen-bond acceptors (Lipinski definition) is 6. The van der Waals surface area contributed by atoms with Crippen LogP contribution >= 0.6 is 11.3 Å². The van der Waals surface area contributed by atoms with Crippen LogP contribution < -0.4 is 5.32 Å². The molecule has 0 saturated carbocycles. The topological polar surface area (TPSA) is 81.4 Å². The number of fused-ring (bicyclic) bond motifs is 1. The maximum atomic E-state index is 12.0. The molecule has 0 aliphatic carbocycles. The molecule has 0 spiro atoms. The van der Waals surface area contributed by atoms with Crippen molar-refractivity contribution in [3.05, 3.63) is 54.0 Å². The number of benzene rings is 1.